The van der Waals surface area contributed by atoms with E-state index in [1.807, 2.05) is 12.1 Å². The quantitative estimate of drug-likeness (QED) is 0.530. The van der Waals surface area contributed by atoms with E-state index in [9.17, 15) is 9.00 Å². The number of hydrogen-bond acceptors (Lipinski definition) is 5. The van der Waals surface area contributed by atoms with Crippen molar-refractivity contribution in [3.63, 3.8) is 0 Å². The molecule has 2 atom stereocenters. The number of rotatable bonds is 2. The summed E-state index contributed by atoms with van der Waals surface area (Å²) < 4.78 is 16.9. The average Bonchev–Trinajstić information content (AvgIpc) is 3.22. The number of carbonyl (C=O) groups is 1. The van der Waals surface area contributed by atoms with Crippen LogP contribution in [-0.2, 0) is 21.0 Å². The van der Waals surface area contributed by atoms with Crippen LogP contribution in [0.15, 0.2) is 23.2 Å². The normalized spacial score (nSPS) is 24.4. The molecule has 4 N–H and O–H groups in total. The molecule has 2 aliphatic rings. The van der Waals surface area contributed by atoms with Crippen molar-refractivity contribution in [3.8, 4) is 0 Å². The fraction of sp³-hybridized carbons (Fsp3) is 0.450. The monoisotopic (exact) mass is 400 g/mol. The van der Waals surface area contributed by atoms with E-state index in [4.69, 9.17) is 15.9 Å². The molecule has 7 nitrogen and oxygen atoms in total. The summed E-state index contributed by atoms with van der Waals surface area (Å²) in [5.74, 6) is 1.14. The fourth-order valence-corrected chi connectivity index (χ4v) is 5.41. The van der Waals surface area contributed by atoms with Gasteiger partial charge in [0.25, 0.3) is 6.02 Å². The summed E-state index contributed by atoms with van der Waals surface area (Å²) in [4.78, 5) is 19.8. The number of nitrogens with zero attached hydrogens (tertiary/aromatic N) is 1. The minimum atomic E-state index is -0.844. The van der Waals surface area contributed by atoms with E-state index in [2.05, 4.69) is 23.8 Å². The lowest BCUT2D eigenvalue weighted by molar-refractivity contribution is 0.0953. The van der Waals surface area contributed by atoms with E-state index in [0.29, 0.717) is 35.6 Å². The number of Topliss-reactive ketones (excluding diaryl/α,β-unsaturated/α-hetero) is 1. The number of carbonyl (C=O) groups excluding carboxylic acids is 1. The molecule has 2 heterocycles. The van der Waals surface area contributed by atoms with Crippen molar-refractivity contribution >= 4 is 39.4 Å². The predicted octanol–water partition coefficient (Wildman–Crippen LogP) is 2.60. The first-order valence-corrected chi connectivity index (χ1v) is 10.9. The van der Waals surface area contributed by atoms with Crippen molar-refractivity contribution in [3.05, 3.63) is 35.0 Å². The molecule has 0 saturated carbocycles. The summed E-state index contributed by atoms with van der Waals surface area (Å²) >= 11 is 0. The van der Waals surface area contributed by atoms with E-state index in [-0.39, 0.29) is 29.2 Å². The van der Waals surface area contributed by atoms with E-state index in [1.54, 1.807) is 6.07 Å². The molecule has 0 spiro atoms. The number of aliphatic imine (C=N–C) groups is 1. The van der Waals surface area contributed by atoms with Crippen LogP contribution in [0.4, 0.5) is 0 Å². The molecule has 0 radical (unpaired) electrons. The Kier molecular flexibility index (Phi) is 4.61. The van der Waals surface area contributed by atoms with Gasteiger partial charge >= 0.3 is 0 Å². The molecular formula is C20H24N4O3S. The SMILES string of the molecule is CC1(C)CCC(=O)c2[nH]c3ccc(C(=N)OC(N)=NC4CCS(=O)C4)cc3c21. The maximum absolute atomic E-state index is 12.3. The third-order valence-electron chi connectivity index (χ3n) is 5.57. The van der Waals surface area contributed by atoms with E-state index in [0.717, 1.165) is 22.9 Å². The lowest BCUT2D eigenvalue weighted by atomic mass is 9.74. The Hall–Kier alpha value is -2.48. The summed E-state index contributed by atoms with van der Waals surface area (Å²) in [6.07, 6.45) is 2.05. The third-order valence-corrected chi connectivity index (χ3v) is 7.01. The molecule has 148 valence electrons. The van der Waals surface area contributed by atoms with Gasteiger partial charge in [-0.25, -0.2) is 4.99 Å². The number of aromatic nitrogens is 1. The topological polar surface area (TPSA) is 121 Å². The Morgan fingerprint density at radius 3 is 2.93 bits per heavy atom. The number of H-pyrrole nitrogens is 1. The summed E-state index contributed by atoms with van der Waals surface area (Å²) in [5.41, 5.74) is 8.83. The van der Waals surface area contributed by atoms with Crippen LogP contribution in [0.25, 0.3) is 10.9 Å². The van der Waals surface area contributed by atoms with Gasteiger partial charge in [-0.3, -0.25) is 14.4 Å². The average molecular weight is 401 g/mol. The van der Waals surface area contributed by atoms with E-state index >= 15 is 0 Å². The lowest BCUT2D eigenvalue weighted by Gasteiger charge is -2.29. The number of fused-ring (bicyclic) bond motifs is 3. The van der Waals surface area contributed by atoms with E-state index < -0.39 is 10.8 Å². The molecule has 0 bridgehead atoms. The highest BCUT2D eigenvalue weighted by Gasteiger charge is 2.35. The smallest absolute Gasteiger partial charge is 0.289 e. The van der Waals surface area contributed by atoms with Gasteiger partial charge in [0.15, 0.2) is 5.78 Å². The molecule has 1 aliphatic heterocycles. The second kappa shape index (κ2) is 6.84. The van der Waals surface area contributed by atoms with Crippen molar-refractivity contribution in [2.45, 2.75) is 44.6 Å². The van der Waals surface area contributed by atoms with Gasteiger partial charge in [-0.05, 0) is 42.0 Å². The summed E-state index contributed by atoms with van der Waals surface area (Å²) in [7, 11) is -0.844. The Morgan fingerprint density at radius 2 is 2.21 bits per heavy atom. The second-order valence-electron chi connectivity index (χ2n) is 8.09. The summed E-state index contributed by atoms with van der Waals surface area (Å²) in [6, 6.07) is 5.30. The van der Waals surface area contributed by atoms with Crippen LogP contribution < -0.4 is 5.73 Å². The molecule has 8 heteroatoms. The fourth-order valence-electron chi connectivity index (χ4n) is 4.04. The minimum absolute atomic E-state index is 0.0828. The molecule has 1 aromatic heterocycles. The van der Waals surface area contributed by atoms with Crippen molar-refractivity contribution in [2.75, 3.05) is 11.5 Å². The number of ether oxygens (including phenoxy) is 1. The predicted molar refractivity (Wildman–Crippen MR) is 111 cm³/mol. The number of benzene rings is 1. The van der Waals surface area contributed by atoms with Gasteiger partial charge in [0.2, 0.25) is 5.90 Å². The molecule has 0 amide bonds. The summed E-state index contributed by atoms with van der Waals surface area (Å²) in [5, 5.41) is 9.19. The molecule has 1 aromatic carbocycles. The number of amidine groups is 1. The van der Waals surface area contributed by atoms with Crippen LogP contribution in [0.1, 0.15) is 54.7 Å². The Labute approximate surface area is 165 Å². The third kappa shape index (κ3) is 3.37. The Morgan fingerprint density at radius 1 is 1.43 bits per heavy atom. The number of nitrogens with one attached hydrogen (secondary N) is 2. The van der Waals surface area contributed by atoms with Crippen molar-refractivity contribution < 1.29 is 13.7 Å². The maximum atomic E-state index is 12.3. The molecule has 4 rings (SSSR count). The summed E-state index contributed by atoms with van der Waals surface area (Å²) in [6.45, 7) is 4.27. The largest absolute Gasteiger partial charge is 0.407 e. The van der Waals surface area contributed by atoms with Crippen LogP contribution >= 0.6 is 0 Å². The van der Waals surface area contributed by atoms with Gasteiger partial charge in [0.05, 0.1) is 11.7 Å². The molecule has 28 heavy (non-hydrogen) atoms. The van der Waals surface area contributed by atoms with E-state index in [1.165, 1.54) is 0 Å². The maximum Gasteiger partial charge on any atom is 0.289 e. The molecular weight excluding hydrogens is 376 g/mol. The van der Waals surface area contributed by atoms with Gasteiger partial charge in [0.1, 0.15) is 0 Å². The Bertz CT molecular complexity index is 1040. The molecule has 1 fully saturated rings. The number of hydrogen-bond donors (Lipinski definition) is 3. The van der Waals surface area contributed by atoms with Crippen molar-refractivity contribution in [1.82, 2.24) is 4.98 Å². The zero-order chi connectivity index (χ0) is 20.1. The van der Waals surface area contributed by atoms with Crippen LogP contribution in [0.3, 0.4) is 0 Å². The highest BCUT2D eigenvalue weighted by atomic mass is 32.2. The number of nitrogens with two attached hydrogens (primary N) is 1. The van der Waals surface area contributed by atoms with Crippen LogP contribution in [0.2, 0.25) is 0 Å². The first kappa shape index (κ1) is 18.9. The minimum Gasteiger partial charge on any atom is -0.407 e. The highest BCUT2D eigenvalue weighted by Crippen LogP contribution is 2.41. The first-order valence-electron chi connectivity index (χ1n) is 9.39. The lowest BCUT2D eigenvalue weighted by Crippen LogP contribution is -2.26. The standard InChI is InChI=1S/C20H24N4O3S/c1-20(2)7-5-15(25)17-16(20)13-9-11(3-4-14(13)24-17)18(21)27-19(22)23-12-6-8-28(26)10-12/h3-4,9,12,21,24H,5-8,10H2,1-2H3,(H2,22,23). The van der Waals surface area contributed by atoms with Crippen molar-refractivity contribution in [2.24, 2.45) is 10.7 Å². The second-order valence-corrected chi connectivity index (χ2v) is 9.72. The van der Waals surface area contributed by atoms with Crippen LogP contribution in [0, 0.1) is 5.41 Å². The van der Waals surface area contributed by atoms with Gasteiger partial charge in [-0.15, -0.1) is 0 Å². The molecule has 1 saturated heterocycles. The Balaban J connectivity index is 1.63. The van der Waals surface area contributed by atoms with Crippen LogP contribution in [-0.4, -0.2) is 44.4 Å². The highest BCUT2D eigenvalue weighted by molar-refractivity contribution is 7.85. The zero-order valence-corrected chi connectivity index (χ0v) is 16.8. The number of ketones is 1. The van der Waals surface area contributed by atoms with Gasteiger partial charge in [-0.2, -0.15) is 0 Å². The van der Waals surface area contributed by atoms with Gasteiger partial charge in [-0.1, -0.05) is 13.8 Å². The zero-order valence-electron chi connectivity index (χ0n) is 16.0. The first-order chi connectivity index (χ1) is 13.2. The number of aromatic amines is 1. The van der Waals surface area contributed by atoms with Crippen molar-refractivity contribution in [1.29, 1.82) is 5.41 Å². The molecule has 1 aliphatic carbocycles. The van der Waals surface area contributed by atoms with Gasteiger partial charge < -0.3 is 15.5 Å². The molecule has 2 unspecified atom stereocenters. The molecule has 2 aromatic rings. The van der Waals surface area contributed by atoms with Gasteiger partial charge in [0, 0.05) is 45.2 Å². The van der Waals surface area contributed by atoms with Crippen LogP contribution in [0.5, 0.6) is 0 Å².